The van der Waals surface area contributed by atoms with Crippen LogP contribution in [0.1, 0.15) is 57.1 Å². The summed E-state index contributed by atoms with van der Waals surface area (Å²) in [6.07, 6.45) is 5.90. The third-order valence-electron chi connectivity index (χ3n) is 11.0. The van der Waals surface area contributed by atoms with Gasteiger partial charge in [0.1, 0.15) is 12.3 Å². The van der Waals surface area contributed by atoms with Crippen LogP contribution in [-0.2, 0) is 19.1 Å². The van der Waals surface area contributed by atoms with Crippen molar-refractivity contribution in [3.63, 3.8) is 0 Å². The largest absolute Gasteiger partial charge is 0.393 e. The number of carbonyl (C=O) groups is 2. The van der Waals surface area contributed by atoms with Crippen LogP contribution in [0.2, 0.25) is 0 Å². The van der Waals surface area contributed by atoms with Gasteiger partial charge in [0.2, 0.25) is 0 Å². The van der Waals surface area contributed by atoms with Crippen molar-refractivity contribution < 1.29 is 29.3 Å². The number of aliphatic hydroxyl groups is 2. The Morgan fingerprint density at radius 2 is 1.98 bits per heavy atom. The SMILES string of the molecule is Cc1n[nH]nc1-c1ccc([C@@H]2O[C@@H]3C[C@H]4[C@@H]5CCC6=CC(=O)C=C[C@]6(C)[C@H]5[C@@H](O)C[C@]4(C)[C@]3(C(=O)CO)O2)cc1. The van der Waals surface area contributed by atoms with Gasteiger partial charge in [0, 0.05) is 27.9 Å². The van der Waals surface area contributed by atoms with Gasteiger partial charge in [0.25, 0.3) is 0 Å². The monoisotopic (exact) mass is 545 g/mol. The number of hydrogen-bond donors (Lipinski definition) is 3. The Hall–Kier alpha value is -2.98. The predicted molar refractivity (Wildman–Crippen MR) is 143 cm³/mol. The number of Topliss-reactive ketones (excluding diaryl/α,β-unsaturated/α-hetero) is 1. The minimum absolute atomic E-state index is 0.000921. The second-order valence-corrected chi connectivity index (χ2v) is 12.7. The van der Waals surface area contributed by atoms with Gasteiger partial charge in [-0.3, -0.25) is 9.59 Å². The summed E-state index contributed by atoms with van der Waals surface area (Å²) >= 11 is 0. The van der Waals surface area contributed by atoms with Gasteiger partial charge in [-0.25, -0.2) is 0 Å². The minimum atomic E-state index is -1.36. The van der Waals surface area contributed by atoms with Crippen molar-refractivity contribution in [3.8, 4) is 11.3 Å². The second kappa shape index (κ2) is 8.76. The van der Waals surface area contributed by atoms with Crippen LogP contribution in [0.25, 0.3) is 11.3 Å². The van der Waals surface area contributed by atoms with Crippen LogP contribution in [0.3, 0.4) is 0 Å². The fourth-order valence-electron chi connectivity index (χ4n) is 9.19. The molecule has 40 heavy (non-hydrogen) atoms. The lowest BCUT2D eigenvalue weighted by Gasteiger charge is -2.59. The Morgan fingerprint density at radius 1 is 1.20 bits per heavy atom. The summed E-state index contributed by atoms with van der Waals surface area (Å²) in [5, 5.41) is 32.9. The number of benzene rings is 1. The standard InChI is InChI=1S/C31H35N3O6/c1-16-27(33-34-32-16)17-4-6-18(7-5-17)28-39-25-13-22-21-9-8-19-12-20(36)10-11-29(19,2)26(21)23(37)14-30(22,3)31(25,40-28)24(38)15-35/h4-7,10-12,21-23,25-26,28,35,37H,8-9,13-15H2,1-3H3,(H,32,33,34)/t21-,22-,23-,25+,26+,28+,29-,30-,31+/m0/s1. The maximum absolute atomic E-state index is 13.7. The van der Waals surface area contributed by atoms with Gasteiger partial charge in [0.05, 0.1) is 17.9 Å². The van der Waals surface area contributed by atoms with E-state index in [1.807, 2.05) is 44.2 Å². The number of allylic oxidation sites excluding steroid dienone is 4. The molecule has 4 fully saturated rings. The number of aromatic amines is 1. The number of H-pyrrole nitrogens is 1. The first kappa shape index (κ1) is 26.0. The van der Waals surface area contributed by atoms with E-state index >= 15 is 0 Å². The summed E-state index contributed by atoms with van der Waals surface area (Å²) < 4.78 is 13.2. The molecule has 210 valence electrons. The van der Waals surface area contributed by atoms with Crippen molar-refractivity contribution in [3.05, 3.63) is 59.3 Å². The number of hydrogen-bond acceptors (Lipinski definition) is 8. The molecule has 1 aromatic carbocycles. The first-order valence-electron chi connectivity index (χ1n) is 14.2. The number of aliphatic hydroxyl groups excluding tert-OH is 2. The third kappa shape index (κ3) is 3.29. The number of rotatable bonds is 4. The van der Waals surface area contributed by atoms with Crippen molar-refractivity contribution in [2.45, 2.75) is 70.6 Å². The van der Waals surface area contributed by atoms with Crippen LogP contribution in [0, 0.1) is 35.5 Å². The molecule has 1 aromatic heterocycles. The van der Waals surface area contributed by atoms with Crippen LogP contribution in [-0.4, -0.2) is 61.6 Å². The Morgan fingerprint density at radius 3 is 2.67 bits per heavy atom. The zero-order valence-corrected chi connectivity index (χ0v) is 23.0. The van der Waals surface area contributed by atoms with Crippen molar-refractivity contribution in [1.82, 2.24) is 15.4 Å². The van der Waals surface area contributed by atoms with Gasteiger partial charge < -0.3 is 19.7 Å². The highest BCUT2D eigenvalue weighted by atomic mass is 16.7. The predicted octanol–water partition coefficient (Wildman–Crippen LogP) is 3.38. The normalized spacial score (nSPS) is 41.6. The molecule has 0 unspecified atom stereocenters. The molecule has 0 spiro atoms. The second-order valence-electron chi connectivity index (χ2n) is 12.7. The fraction of sp³-hybridized carbons (Fsp3) is 0.548. The number of aryl methyl sites for hydroxylation is 1. The van der Waals surface area contributed by atoms with E-state index in [0.29, 0.717) is 12.8 Å². The molecule has 9 atom stereocenters. The van der Waals surface area contributed by atoms with E-state index in [0.717, 1.165) is 40.9 Å². The van der Waals surface area contributed by atoms with E-state index in [-0.39, 0.29) is 23.5 Å². The Labute approximate surface area is 232 Å². The molecule has 1 aliphatic heterocycles. The Kier molecular flexibility index (Phi) is 5.68. The molecule has 0 radical (unpaired) electrons. The van der Waals surface area contributed by atoms with Crippen LogP contribution in [0.5, 0.6) is 0 Å². The quantitative estimate of drug-likeness (QED) is 0.532. The lowest BCUT2D eigenvalue weighted by molar-refractivity contribution is -0.201. The van der Waals surface area contributed by atoms with Crippen LogP contribution >= 0.6 is 0 Å². The Bertz CT molecular complexity index is 1450. The molecule has 0 bridgehead atoms. The van der Waals surface area contributed by atoms with Gasteiger partial charge >= 0.3 is 0 Å². The average molecular weight is 546 g/mol. The molecular weight excluding hydrogens is 510 g/mol. The van der Waals surface area contributed by atoms with E-state index in [2.05, 4.69) is 22.3 Å². The van der Waals surface area contributed by atoms with Crippen LogP contribution in [0.4, 0.5) is 0 Å². The van der Waals surface area contributed by atoms with Crippen molar-refractivity contribution in [1.29, 1.82) is 0 Å². The van der Waals surface area contributed by atoms with Gasteiger partial charge in [-0.1, -0.05) is 49.8 Å². The molecule has 5 aliphatic rings. The number of ether oxygens (including phenoxy) is 2. The summed E-state index contributed by atoms with van der Waals surface area (Å²) in [5.74, 6) is -0.279. The van der Waals surface area contributed by atoms with E-state index in [1.165, 1.54) is 0 Å². The summed E-state index contributed by atoms with van der Waals surface area (Å²) in [5.41, 5.74) is 1.83. The maximum Gasteiger partial charge on any atom is 0.193 e. The van der Waals surface area contributed by atoms with E-state index < -0.39 is 47.3 Å². The highest BCUT2D eigenvalue weighted by Crippen LogP contribution is 2.70. The van der Waals surface area contributed by atoms with Crippen molar-refractivity contribution in [2.24, 2.45) is 28.6 Å². The van der Waals surface area contributed by atoms with Gasteiger partial charge in [0.15, 0.2) is 23.5 Å². The molecule has 0 amide bonds. The molecule has 1 saturated heterocycles. The minimum Gasteiger partial charge on any atom is -0.393 e. The first-order valence-corrected chi connectivity index (χ1v) is 14.2. The van der Waals surface area contributed by atoms with Gasteiger partial charge in [-0.15, -0.1) is 0 Å². The number of nitrogens with one attached hydrogen (secondary N) is 1. The average Bonchev–Trinajstić information content (AvgIpc) is 3.60. The highest BCUT2D eigenvalue weighted by Gasteiger charge is 2.75. The molecule has 2 heterocycles. The fourth-order valence-corrected chi connectivity index (χ4v) is 9.19. The lowest BCUT2D eigenvalue weighted by atomic mass is 9.46. The molecule has 3 N–H and O–H groups in total. The summed E-state index contributed by atoms with van der Waals surface area (Å²) in [4.78, 5) is 25.8. The maximum atomic E-state index is 13.7. The third-order valence-corrected chi connectivity index (χ3v) is 11.0. The molecule has 2 aromatic rings. The van der Waals surface area contributed by atoms with E-state index in [9.17, 15) is 19.8 Å². The first-order chi connectivity index (χ1) is 19.1. The van der Waals surface area contributed by atoms with Crippen molar-refractivity contribution in [2.75, 3.05) is 6.61 Å². The number of fused-ring (bicyclic) bond motifs is 7. The number of aromatic nitrogens is 3. The lowest BCUT2D eigenvalue weighted by Crippen LogP contribution is -2.63. The summed E-state index contributed by atoms with van der Waals surface area (Å²) in [6.45, 7) is 5.40. The van der Waals surface area contributed by atoms with E-state index in [1.54, 1.807) is 12.2 Å². The molecule has 9 heteroatoms. The zero-order valence-electron chi connectivity index (χ0n) is 23.0. The molecule has 9 nitrogen and oxygen atoms in total. The smallest absolute Gasteiger partial charge is 0.193 e. The van der Waals surface area contributed by atoms with Gasteiger partial charge in [-0.2, -0.15) is 15.4 Å². The van der Waals surface area contributed by atoms with E-state index in [4.69, 9.17) is 9.47 Å². The number of ketones is 2. The van der Waals surface area contributed by atoms with Gasteiger partial charge in [-0.05, 0) is 56.6 Å². The van der Waals surface area contributed by atoms with Crippen LogP contribution in [0.15, 0.2) is 48.1 Å². The molecule has 3 saturated carbocycles. The topological polar surface area (TPSA) is 135 Å². The summed E-state index contributed by atoms with van der Waals surface area (Å²) in [7, 11) is 0. The molecule has 7 rings (SSSR count). The highest BCUT2D eigenvalue weighted by molar-refractivity contribution is 6.01. The van der Waals surface area contributed by atoms with Crippen molar-refractivity contribution >= 4 is 11.6 Å². The molecule has 4 aliphatic carbocycles. The zero-order chi connectivity index (χ0) is 28.0. The number of carbonyl (C=O) groups excluding carboxylic acids is 2. The summed E-state index contributed by atoms with van der Waals surface area (Å²) in [6, 6.07) is 7.67. The van der Waals surface area contributed by atoms with Crippen LogP contribution < -0.4 is 0 Å². The number of nitrogens with zero attached hydrogens (tertiary/aromatic N) is 2. The Balaban J connectivity index is 1.22. The molecular formula is C31H35N3O6.